The predicted octanol–water partition coefficient (Wildman–Crippen LogP) is 3.79. The zero-order valence-corrected chi connectivity index (χ0v) is 22.5. The molecule has 3 aromatic rings. The summed E-state index contributed by atoms with van der Waals surface area (Å²) < 4.78 is 58.4. The van der Waals surface area contributed by atoms with Crippen molar-refractivity contribution in [1.82, 2.24) is 14.9 Å². The quantitative estimate of drug-likeness (QED) is 0.420. The summed E-state index contributed by atoms with van der Waals surface area (Å²) in [5.74, 6) is -2.40. The van der Waals surface area contributed by atoms with Crippen LogP contribution in [-0.4, -0.2) is 74.7 Å². The lowest BCUT2D eigenvalue weighted by Gasteiger charge is -2.38. The number of nitrogens with zero attached hydrogens (tertiary/aromatic N) is 4. The Bertz CT molecular complexity index is 1580. The number of ether oxygens (including phenoxy) is 1. The molecule has 2 aromatic heterocycles. The van der Waals surface area contributed by atoms with E-state index in [1.165, 1.54) is 0 Å². The molecule has 1 aromatic carbocycles. The van der Waals surface area contributed by atoms with Crippen molar-refractivity contribution >= 4 is 38.2 Å². The largest absolute Gasteiger partial charge is 0.476 e. The second-order valence-electron chi connectivity index (χ2n) is 10.8. The van der Waals surface area contributed by atoms with E-state index in [0.29, 0.717) is 18.5 Å². The topological polar surface area (TPSA) is 105 Å². The number of aromatic nitrogens is 2. The molecule has 12 heteroatoms. The van der Waals surface area contributed by atoms with Gasteiger partial charge in [-0.1, -0.05) is 12.5 Å². The fourth-order valence-electron chi connectivity index (χ4n) is 5.87. The SMILES string of the molecule is CN1C(=O)C2(CCC2)c2c1cnc1ccc(-c3cnc(OCCCN4CC(F)(F)C4)c(NS(C)(=O)=O)c3)cc21. The fourth-order valence-corrected chi connectivity index (χ4v) is 6.42. The number of carbonyl (C=O) groups is 1. The number of carbonyl (C=O) groups excluding carboxylic acids is 1. The van der Waals surface area contributed by atoms with E-state index in [9.17, 15) is 22.0 Å². The van der Waals surface area contributed by atoms with Gasteiger partial charge in [-0.05, 0) is 43.0 Å². The number of amides is 1. The van der Waals surface area contributed by atoms with E-state index >= 15 is 0 Å². The van der Waals surface area contributed by atoms with Crippen LogP contribution in [0.3, 0.4) is 0 Å². The third kappa shape index (κ3) is 4.59. The number of hydrogen-bond donors (Lipinski definition) is 1. The van der Waals surface area contributed by atoms with Gasteiger partial charge >= 0.3 is 0 Å². The van der Waals surface area contributed by atoms with Crippen LogP contribution in [0.4, 0.5) is 20.2 Å². The van der Waals surface area contributed by atoms with E-state index in [-0.39, 0.29) is 37.2 Å². The van der Waals surface area contributed by atoms with Crippen molar-refractivity contribution in [3.05, 3.63) is 42.2 Å². The number of fused-ring (bicyclic) bond motifs is 4. The fraction of sp³-hybridized carbons (Fsp3) is 0.444. The number of likely N-dealkylation sites (tertiary alicyclic amines) is 1. The van der Waals surface area contributed by atoms with Gasteiger partial charge in [-0.3, -0.25) is 19.4 Å². The van der Waals surface area contributed by atoms with Crippen molar-refractivity contribution in [2.75, 3.05) is 49.2 Å². The number of benzene rings is 1. The van der Waals surface area contributed by atoms with E-state index in [1.807, 2.05) is 18.2 Å². The lowest BCUT2D eigenvalue weighted by Crippen LogP contribution is -2.56. The van der Waals surface area contributed by atoms with Gasteiger partial charge in [-0.15, -0.1) is 0 Å². The van der Waals surface area contributed by atoms with Crippen LogP contribution in [0.25, 0.3) is 22.0 Å². The van der Waals surface area contributed by atoms with Crippen molar-refractivity contribution in [3.63, 3.8) is 0 Å². The van der Waals surface area contributed by atoms with Crippen LogP contribution in [0.15, 0.2) is 36.7 Å². The molecule has 2 aliphatic heterocycles. The minimum Gasteiger partial charge on any atom is -0.476 e. The molecule has 1 saturated heterocycles. The van der Waals surface area contributed by atoms with Crippen molar-refractivity contribution < 1.29 is 26.7 Å². The lowest BCUT2D eigenvalue weighted by molar-refractivity contribution is -0.130. The van der Waals surface area contributed by atoms with E-state index in [2.05, 4.69) is 14.7 Å². The molecule has 1 amide bonds. The zero-order chi connectivity index (χ0) is 27.6. The molecule has 0 bridgehead atoms. The van der Waals surface area contributed by atoms with Crippen LogP contribution in [-0.2, 0) is 20.2 Å². The van der Waals surface area contributed by atoms with Crippen molar-refractivity contribution in [2.24, 2.45) is 0 Å². The Morgan fingerprint density at radius 3 is 2.54 bits per heavy atom. The van der Waals surface area contributed by atoms with E-state index < -0.39 is 21.4 Å². The third-order valence-corrected chi connectivity index (χ3v) is 8.45. The molecule has 0 atom stereocenters. The van der Waals surface area contributed by atoms with Crippen LogP contribution in [0.2, 0.25) is 0 Å². The summed E-state index contributed by atoms with van der Waals surface area (Å²) in [6, 6.07) is 7.43. The molecule has 0 radical (unpaired) electrons. The van der Waals surface area contributed by atoms with Gasteiger partial charge in [-0.25, -0.2) is 22.2 Å². The molecule has 4 heterocycles. The Balaban J connectivity index is 1.29. The van der Waals surface area contributed by atoms with Gasteiger partial charge in [0.25, 0.3) is 5.92 Å². The smallest absolute Gasteiger partial charge is 0.272 e. The molecule has 206 valence electrons. The van der Waals surface area contributed by atoms with Crippen molar-refractivity contribution in [3.8, 4) is 17.0 Å². The second kappa shape index (κ2) is 9.09. The molecular weight excluding hydrogens is 528 g/mol. The molecule has 39 heavy (non-hydrogen) atoms. The monoisotopic (exact) mass is 557 g/mol. The molecule has 0 unspecified atom stereocenters. The first-order valence-corrected chi connectivity index (χ1v) is 14.8. The zero-order valence-electron chi connectivity index (χ0n) is 21.7. The number of sulfonamides is 1. The van der Waals surface area contributed by atoms with E-state index in [0.717, 1.165) is 53.2 Å². The van der Waals surface area contributed by atoms with Gasteiger partial charge in [-0.2, -0.15) is 0 Å². The summed E-state index contributed by atoms with van der Waals surface area (Å²) in [5, 5.41) is 0.900. The highest BCUT2D eigenvalue weighted by Crippen LogP contribution is 2.55. The average molecular weight is 558 g/mol. The summed E-state index contributed by atoms with van der Waals surface area (Å²) in [4.78, 5) is 25.5. The molecule has 1 N–H and O–H groups in total. The Kier molecular flexibility index (Phi) is 6.03. The first kappa shape index (κ1) is 25.9. The summed E-state index contributed by atoms with van der Waals surface area (Å²) >= 11 is 0. The maximum Gasteiger partial charge on any atom is 0.272 e. The third-order valence-electron chi connectivity index (χ3n) is 7.86. The van der Waals surface area contributed by atoms with Crippen LogP contribution >= 0.6 is 0 Å². The van der Waals surface area contributed by atoms with Gasteiger partial charge in [0.15, 0.2) is 0 Å². The number of hydrogen-bond acceptors (Lipinski definition) is 7. The summed E-state index contributed by atoms with van der Waals surface area (Å²) in [6.07, 6.45) is 7.52. The minimum absolute atomic E-state index is 0.106. The van der Waals surface area contributed by atoms with Crippen LogP contribution in [0, 0.1) is 0 Å². The van der Waals surface area contributed by atoms with Gasteiger partial charge in [0.1, 0.15) is 5.69 Å². The maximum atomic E-state index is 13.1. The average Bonchev–Trinajstić information content (AvgIpc) is 3.07. The van der Waals surface area contributed by atoms with Gasteiger partial charge < -0.3 is 9.64 Å². The van der Waals surface area contributed by atoms with Crippen molar-refractivity contribution in [1.29, 1.82) is 0 Å². The predicted molar refractivity (Wildman–Crippen MR) is 144 cm³/mol. The van der Waals surface area contributed by atoms with Gasteiger partial charge in [0, 0.05) is 36.3 Å². The number of pyridine rings is 2. The maximum absolute atomic E-state index is 13.1. The normalized spacial score (nSPS) is 19.6. The molecule has 2 fully saturated rings. The molecule has 1 saturated carbocycles. The first-order chi connectivity index (χ1) is 18.5. The minimum atomic E-state index is -3.63. The highest BCUT2D eigenvalue weighted by Gasteiger charge is 2.54. The van der Waals surface area contributed by atoms with Crippen LogP contribution in [0.1, 0.15) is 31.2 Å². The molecular formula is C27H29F2N5O4S. The molecule has 3 aliphatic rings. The number of rotatable bonds is 8. The summed E-state index contributed by atoms with van der Waals surface area (Å²) in [5.41, 5.74) is 3.76. The van der Waals surface area contributed by atoms with Crippen LogP contribution in [0.5, 0.6) is 5.88 Å². The number of likely N-dealkylation sites (N-methyl/N-ethyl adjacent to an activating group) is 1. The highest BCUT2D eigenvalue weighted by molar-refractivity contribution is 7.92. The number of alkyl halides is 2. The van der Waals surface area contributed by atoms with Crippen molar-refractivity contribution in [2.45, 2.75) is 37.0 Å². The Morgan fingerprint density at radius 2 is 1.87 bits per heavy atom. The van der Waals surface area contributed by atoms with Gasteiger partial charge in [0.2, 0.25) is 21.8 Å². The first-order valence-electron chi connectivity index (χ1n) is 12.9. The molecule has 1 aliphatic carbocycles. The van der Waals surface area contributed by atoms with Gasteiger partial charge in [0.05, 0.1) is 48.8 Å². The Labute approximate surface area is 225 Å². The number of halogens is 2. The van der Waals surface area contributed by atoms with E-state index in [4.69, 9.17) is 4.74 Å². The Hall–Kier alpha value is -3.38. The lowest BCUT2D eigenvalue weighted by atomic mass is 9.64. The second-order valence-corrected chi connectivity index (χ2v) is 12.5. The Morgan fingerprint density at radius 1 is 1.10 bits per heavy atom. The van der Waals surface area contributed by atoms with E-state index in [1.54, 1.807) is 35.3 Å². The number of nitrogens with one attached hydrogen (secondary N) is 1. The standard InChI is InChI=1S/C27H29F2N5O4S/c1-33-22-14-30-20-6-5-17(11-19(20)23(22)26(25(33)35)7-3-8-26)18-12-21(32-39(2,36)37)24(31-13-18)38-10-4-9-34-15-27(28,29)16-34/h5-6,11-14,32H,3-4,7-10,15-16H2,1-2H3. The number of anilines is 2. The molecule has 9 nitrogen and oxygen atoms in total. The summed E-state index contributed by atoms with van der Waals surface area (Å²) in [6.45, 7) is 0.148. The summed E-state index contributed by atoms with van der Waals surface area (Å²) in [7, 11) is -1.84. The molecule has 6 rings (SSSR count). The highest BCUT2D eigenvalue weighted by atomic mass is 32.2. The molecule has 1 spiro atoms. The van der Waals surface area contributed by atoms with Crippen LogP contribution < -0.4 is 14.4 Å².